The molecule has 144 valence electrons. The SMILES string of the molecule is CC(C)(C)c1ccc(OCC(=O)N2CCN(c3ccc(F)cc3)CC2)cc1. The number of carbonyl (C=O) groups is 1. The van der Waals surface area contributed by atoms with Gasteiger partial charge in [0.25, 0.3) is 5.91 Å². The Morgan fingerprint density at radius 1 is 0.963 bits per heavy atom. The molecule has 0 N–H and O–H groups in total. The van der Waals surface area contributed by atoms with Gasteiger partial charge in [-0.2, -0.15) is 0 Å². The molecule has 1 saturated heterocycles. The minimum atomic E-state index is -0.236. The van der Waals surface area contributed by atoms with Gasteiger partial charge in [-0.1, -0.05) is 32.9 Å². The lowest BCUT2D eigenvalue weighted by molar-refractivity contribution is -0.133. The summed E-state index contributed by atoms with van der Waals surface area (Å²) < 4.78 is 18.7. The van der Waals surface area contributed by atoms with Crippen molar-refractivity contribution in [3.8, 4) is 5.75 Å². The minimum Gasteiger partial charge on any atom is -0.484 e. The van der Waals surface area contributed by atoms with Crippen LogP contribution in [0.1, 0.15) is 26.3 Å². The highest BCUT2D eigenvalue weighted by Crippen LogP contribution is 2.24. The maximum atomic E-state index is 13.0. The molecule has 0 spiro atoms. The first-order valence-corrected chi connectivity index (χ1v) is 9.34. The van der Waals surface area contributed by atoms with Crippen LogP contribution in [0.2, 0.25) is 0 Å². The third-order valence-electron chi connectivity index (χ3n) is 4.91. The number of halogens is 1. The van der Waals surface area contributed by atoms with Gasteiger partial charge in [0.05, 0.1) is 0 Å². The summed E-state index contributed by atoms with van der Waals surface area (Å²) in [4.78, 5) is 16.4. The molecule has 1 heterocycles. The summed E-state index contributed by atoms with van der Waals surface area (Å²) >= 11 is 0. The van der Waals surface area contributed by atoms with Gasteiger partial charge in [-0.15, -0.1) is 0 Å². The van der Waals surface area contributed by atoms with E-state index in [2.05, 4.69) is 25.7 Å². The van der Waals surface area contributed by atoms with Crippen LogP contribution in [0.3, 0.4) is 0 Å². The lowest BCUT2D eigenvalue weighted by Crippen LogP contribution is -2.50. The summed E-state index contributed by atoms with van der Waals surface area (Å²) in [6.07, 6.45) is 0. The first-order valence-electron chi connectivity index (χ1n) is 9.34. The van der Waals surface area contributed by atoms with Crippen molar-refractivity contribution in [3.05, 3.63) is 59.9 Å². The van der Waals surface area contributed by atoms with E-state index in [1.807, 2.05) is 29.2 Å². The number of hydrogen-bond donors (Lipinski definition) is 0. The standard InChI is InChI=1S/C22H27FN2O2/c1-22(2,3)17-4-10-20(11-5-17)27-16-21(26)25-14-12-24(13-15-25)19-8-6-18(23)7-9-19/h4-11H,12-16H2,1-3H3. The van der Waals surface area contributed by atoms with Gasteiger partial charge in [0.1, 0.15) is 11.6 Å². The Morgan fingerprint density at radius 2 is 1.56 bits per heavy atom. The monoisotopic (exact) mass is 370 g/mol. The van der Waals surface area contributed by atoms with Crippen LogP contribution < -0.4 is 9.64 Å². The first-order chi connectivity index (χ1) is 12.8. The molecule has 0 atom stereocenters. The number of amides is 1. The third-order valence-corrected chi connectivity index (χ3v) is 4.91. The van der Waals surface area contributed by atoms with Crippen molar-refractivity contribution < 1.29 is 13.9 Å². The van der Waals surface area contributed by atoms with Crippen molar-refractivity contribution in [1.82, 2.24) is 4.90 Å². The number of benzene rings is 2. The first kappa shape index (κ1) is 19.2. The highest BCUT2D eigenvalue weighted by atomic mass is 19.1. The zero-order valence-corrected chi connectivity index (χ0v) is 16.2. The molecule has 1 aliphatic heterocycles. The lowest BCUT2D eigenvalue weighted by atomic mass is 9.87. The smallest absolute Gasteiger partial charge is 0.260 e. The Morgan fingerprint density at radius 3 is 2.11 bits per heavy atom. The zero-order valence-electron chi connectivity index (χ0n) is 16.2. The second kappa shape index (κ2) is 7.99. The molecule has 0 unspecified atom stereocenters. The molecule has 5 heteroatoms. The highest BCUT2D eigenvalue weighted by Gasteiger charge is 2.21. The molecular formula is C22H27FN2O2. The number of nitrogens with zero attached hydrogens (tertiary/aromatic N) is 2. The molecule has 0 aromatic heterocycles. The van der Waals surface area contributed by atoms with Crippen LogP contribution in [0, 0.1) is 5.82 Å². The fourth-order valence-corrected chi connectivity index (χ4v) is 3.15. The second-order valence-corrected chi connectivity index (χ2v) is 7.91. The summed E-state index contributed by atoms with van der Waals surface area (Å²) in [5.74, 6) is 0.468. The molecule has 0 radical (unpaired) electrons. The van der Waals surface area contributed by atoms with Crippen LogP contribution in [0.15, 0.2) is 48.5 Å². The molecule has 0 saturated carbocycles. The van der Waals surface area contributed by atoms with Crippen LogP contribution in [-0.2, 0) is 10.2 Å². The number of hydrogen-bond acceptors (Lipinski definition) is 3. The fourth-order valence-electron chi connectivity index (χ4n) is 3.15. The molecule has 0 aliphatic carbocycles. The molecule has 2 aromatic rings. The summed E-state index contributed by atoms with van der Waals surface area (Å²) in [5, 5.41) is 0. The molecule has 27 heavy (non-hydrogen) atoms. The molecule has 1 fully saturated rings. The summed E-state index contributed by atoms with van der Waals surface area (Å²) in [7, 11) is 0. The van der Waals surface area contributed by atoms with Gasteiger partial charge in [-0.05, 0) is 47.4 Å². The van der Waals surface area contributed by atoms with Crippen LogP contribution in [0.4, 0.5) is 10.1 Å². The Balaban J connectivity index is 1.47. The van der Waals surface area contributed by atoms with Gasteiger partial charge in [0.15, 0.2) is 6.61 Å². The van der Waals surface area contributed by atoms with Crippen molar-refractivity contribution in [1.29, 1.82) is 0 Å². The lowest BCUT2D eigenvalue weighted by Gasteiger charge is -2.36. The van der Waals surface area contributed by atoms with Gasteiger partial charge in [0, 0.05) is 31.9 Å². The number of ether oxygens (including phenoxy) is 1. The molecule has 3 rings (SSSR count). The van der Waals surface area contributed by atoms with Crippen molar-refractivity contribution in [2.75, 3.05) is 37.7 Å². The molecule has 0 bridgehead atoms. The van der Waals surface area contributed by atoms with E-state index in [1.54, 1.807) is 12.1 Å². The number of anilines is 1. The predicted molar refractivity (Wildman–Crippen MR) is 106 cm³/mol. The Hall–Kier alpha value is -2.56. The van der Waals surface area contributed by atoms with Gasteiger partial charge >= 0.3 is 0 Å². The maximum Gasteiger partial charge on any atom is 0.260 e. The quantitative estimate of drug-likeness (QED) is 0.820. The normalized spacial score (nSPS) is 15.0. The number of piperazine rings is 1. The van der Waals surface area contributed by atoms with Crippen molar-refractivity contribution in [2.45, 2.75) is 26.2 Å². The zero-order chi connectivity index (χ0) is 19.4. The largest absolute Gasteiger partial charge is 0.484 e. The van der Waals surface area contributed by atoms with E-state index < -0.39 is 0 Å². The second-order valence-electron chi connectivity index (χ2n) is 7.91. The average Bonchev–Trinajstić information content (AvgIpc) is 2.66. The summed E-state index contributed by atoms with van der Waals surface area (Å²) in [6.45, 7) is 9.29. The van der Waals surface area contributed by atoms with Gasteiger partial charge in [-0.3, -0.25) is 4.79 Å². The van der Waals surface area contributed by atoms with Gasteiger partial charge in [-0.25, -0.2) is 4.39 Å². The van der Waals surface area contributed by atoms with Crippen molar-refractivity contribution >= 4 is 11.6 Å². The van der Waals surface area contributed by atoms with Crippen LogP contribution in [0.5, 0.6) is 5.75 Å². The van der Waals surface area contributed by atoms with Crippen LogP contribution in [0.25, 0.3) is 0 Å². The van der Waals surface area contributed by atoms with Crippen molar-refractivity contribution in [2.24, 2.45) is 0 Å². The van der Waals surface area contributed by atoms with Gasteiger partial charge in [0.2, 0.25) is 0 Å². The van der Waals surface area contributed by atoms with Crippen LogP contribution >= 0.6 is 0 Å². The van der Waals surface area contributed by atoms with Gasteiger partial charge < -0.3 is 14.5 Å². The van der Waals surface area contributed by atoms with E-state index >= 15 is 0 Å². The van der Waals surface area contributed by atoms with E-state index in [4.69, 9.17) is 4.74 Å². The molecule has 1 amide bonds. The van der Waals surface area contributed by atoms with E-state index in [0.29, 0.717) is 18.8 Å². The minimum absolute atomic E-state index is 0.00588. The Bertz CT molecular complexity index is 758. The topological polar surface area (TPSA) is 32.8 Å². The fraction of sp³-hybridized carbons (Fsp3) is 0.409. The highest BCUT2D eigenvalue weighted by molar-refractivity contribution is 5.78. The number of carbonyl (C=O) groups excluding carboxylic acids is 1. The van der Waals surface area contributed by atoms with Crippen LogP contribution in [-0.4, -0.2) is 43.6 Å². The maximum absolute atomic E-state index is 13.0. The number of rotatable bonds is 4. The van der Waals surface area contributed by atoms with E-state index in [9.17, 15) is 9.18 Å². The summed E-state index contributed by atoms with van der Waals surface area (Å²) in [5.41, 5.74) is 2.32. The third kappa shape index (κ3) is 5.00. The van der Waals surface area contributed by atoms with E-state index in [-0.39, 0.29) is 23.7 Å². The summed E-state index contributed by atoms with van der Waals surface area (Å²) in [6, 6.07) is 14.4. The molecular weight excluding hydrogens is 343 g/mol. The molecule has 4 nitrogen and oxygen atoms in total. The van der Waals surface area contributed by atoms with E-state index in [1.165, 1.54) is 17.7 Å². The molecule has 1 aliphatic rings. The van der Waals surface area contributed by atoms with E-state index in [0.717, 1.165) is 18.8 Å². The molecule has 2 aromatic carbocycles. The predicted octanol–water partition coefficient (Wildman–Crippen LogP) is 3.85. The Labute approximate surface area is 160 Å². The Kier molecular flexibility index (Phi) is 5.68. The average molecular weight is 370 g/mol. The van der Waals surface area contributed by atoms with Crippen molar-refractivity contribution in [3.63, 3.8) is 0 Å².